The molecule has 21 heavy (non-hydrogen) atoms. The van der Waals surface area contributed by atoms with Crippen molar-refractivity contribution >= 4 is 17.5 Å². The predicted molar refractivity (Wildman–Crippen MR) is 76.1 cm³/mol. The first-order chi connectivity index (χ1) is 10.1. The van der Waals surface area contributed by atoms with Crippen molar-refractivity contribution in [1.29, 1.82) is 0 Å². The number of aromatic nitrogens is 2. The average Bonchev–Trinajstić information content (AvgIpc) is 2.93. The summed E-state index contributed by atoms with van der Waals surface area (Å²) in [5.41, 5.74) is 1.25. The summed E-state index contributed by atoms with van der Waals surface area (Å²) in [6, 6.07) is 2.72. The fourth-order valence-corrected chi connectivity index (χ4v) is 2.83. The van der Waals surface area contributed by atoms with Gasteiger partial charge in [-0.2, -0.15) is 0 Å². The van der Waals surface area contributed by atoms with Crippen molar-refractivity contribution in [3.63, 3.8) is 0 Å². The lowest BCUT2D eigenvalue weighted by atomic mass is 9.92. The maximum absolute atomic E-state index is 12.6. The minimum atomic E-state index is -0.932. The van der Waals surface area contributed by atoms with Crippen molar-refractivity contribution in [2.24, 2.45) is 5.92 Å². The number of hydrogen-bond acceptors (Lipinski definition) is 3. The zero-order chi connectivity index (χ0) is 15.0. The molecule has 3 rings (SSSR count). The van der Waals surface area contributed by atoms with Crippen LogP contribution in [0.15, 0.2) is 30.7 Å². The van der Waals surface area contributed by atoms with Crippen LogP contribution in [-0.2, 0) is 4.79 Å². The number of nitrogens with zero attached hydrogens (tertiary/aromatic N) is 3. The van der Waals surface area contributed by atoms with Gasteiger partial charge in [0.1, 0.15) is 11.7 Å². The van der Waals surface area contributed by atoms with Crippen molar-refractivity contribution in [2.45, 2.75) is 25.8 Å². The van der Waals surface area contributed by atoms with Crippen LogP contribution < -0.4 is 0 Å². The maximum atomic E-state index is 12.6. The van der Waals surface area contributed by atoms with Crippen molar-refractivity contribution in [1.82, 2.24) is 14.3 Å². The van der Waals surface area contributed by atoms with Gasteiger partial charge in [-0.25, -0.2) is 9.78 Å². The fourth-order valence-electron chi connectivity index (χ4n) is 2.83. The monoisotopic (exact) mass is 287 g/mol. The molecule has 0 spiro atoms. The maximum Gasteiger partial charge on any atom is 0.326 e. The molecule has 110 valence electrons. The van der Waals surface area contributed by atoms with Crippen molar-refractivity contribution < 1.29 is 14.7 Å². The molecule has 3 heterocycles. The lowest BCUT2D eigenvalue weighted by molar-refractivity contribution is -0.144. The van der Waals surface area contributed by atoms with Gasteiger partial charge in [-0.15, -0.1) is 0 Å². The SMILES string of the molecule is CC1CCN(C(=O)c2ccc3nccn3c2)C(C(=O)O)C1. The number of aliphatic carboxylic acids is 1. The Kier molecular flexibility index (Phi) is 3.37. The summed E-state index contributed by atoms with van der Waals surface area (Å²) in [7, 11) is 0. The molecular weight excluding hydrogens is 270 g/mol. The Morgan fingerprint density at radius 2 is 2.19 bits per heavy atom. The van der Waals surface area contributed by atoms with Crippen LogP contribution in [0.1, 0.15) is 30.1 Å². The number of carboxylic acids is 1. The summed E-state index contributed by atoms with van der Waals surface area (Å²) in [5, 5.41) is 9.35. The standard InChI is InChI=1S/C15H17N3O3/c1-10-4-6-18(12(8-10)15(20)21)14(19)11-2-3-13-16-5-7-17(13)9-11/h2-3,5,7,9-10,12H,4,6,8H2,1H3,(H,20,21). The number of piperidine rings is 1. The van der Waals surface area contributed by atoms with Crippen LogP contribution in [0.25, 0.3) is 5.65 Å². The Labute approximate surface area is 122 Å². The topological polar surface area (TPSA) is 74.9 Å². The molecule has 0 aromatic carbocycles. The summed E-state index contributed by atoms with van der Waals surface area (Å²) in [5.74, 6) is -0.838. The van der Waals surface area contributed by atoms with Gasteiger partial charge in [-0.05, 0) is 30.9 Å². The number of carboxylic acid groups (broad SMARTS) is 1. The van der Waals surface area contributed by atoms with E-state index in [1.807, 2.05) is 6.92 Å². The number of rotatable bonds is 2. The Hall–Kier alpha value is -2.37. The predicted octanol–water partition coefficient (Wildman–Crippen LogP) is 1.66. The average molecular weight is 287 g/mol. The summed E-state index contributed by atoms with van der Waals surface area (Å²) in [6.45, 7) is 2.51. The molecule has 1 aliphatic rings. The lowest BCUT2D eigenvalue weighted by Gasteiger charge is -2.36. The second-order valence-corrected chi connectivity index (χ2v) is 5.59. The molecule has 6 nitrogen and oxygen atoms in total. The van der Waals surface area contributed by atoms with Crippen molar-refractivity contribution in [3.05, 3.63) is 36.3 Å². The molecule has 1 amide bonds. The van der Waals surface area contributed by atoms with E-state index in [1.165, 1.54) is 4.90 Å². The molecule has 6 heteroatoms. The highest BCUT2D eigenvalue weighted by Gasteiger charge is 2.35. The molecular formula is C15H17N3O3. The second kappa shape index (κ2) is 5.20. The van der Waals surface area contributed by atoms with Gasteiger partial charge in [0, 0.05) is 25.1 Å². The normalized spacial score (nSPS) is 22.4. The van der Waals surface area contributed by atoms with Crippen LogP contribution >= 0.6 is 0 Å². The van der Waals surface area contributed by atoms with Crippen LogP contribution in [0.5, 0.6) is 0 Å². The highest BCUT2D eigenvalue weighted by Crippen LogP contribution is 2.24. The molecule has 1 saturated heterocycles. The molecule has 0 saturated carbocycles. The molecule has 2 aromatic rings. The Morgan fingerprint density at radius 1 is 1.38 bits per heavy atom. The minimum absolute atomic E-state index is 0.232. The van der Waals surface area contributed by atoms with E-state index in [1.54, 1.807) is 35.1 Å². The van der Waals surface area contributed by atoms with Gasteiger partial charge < -0.3 is 14.4 Å². The van der Waals surface area contributed by atoms with Crippen LogP contribution in [0.4, 0.5) is 0 Å². The van der Waals surface area contributed by atoms with Crippen LogP contribution in [0.2, 0.25) is 0 Å². The van der Waals surface area contributed by atoms with Gasteiger partial charge in [-0.3, -0.25) is 4.79 Å². The zero-order valence-corrected chi connectivity index (χ0v) is 11.8. The Morgan fingerprint density at radius 3 is 2.95 bits per heavy atom. The van der Waals surface area contributed by atoms with E-state index in [2.05, 4.69) is 4.98 Å². The number of likely N-dealkylation sites (tertiary alicyclic amines) is 1. The zero-order valence-electron chi connectivity index (χ0n) is 11.8. The summed E-state index contributed by atoms with van der Waals surface area (Å²) in [4.78, 5) is 29.6. The van der Waals surface area contributed by atoms with E-state index in [-0.39, 0.29) is 5.91 Å². The number of carbonyl (C=O) groups excluding carboxylic acids is 1. The molecule has 0 radical (unpaired) electrons. The number of hydrogen-bond donors (Lipinski definition) is 1. The highest BCUT2D eigenvalue weighted by atomic mass is 16.4. The number of fused-ring (bicyclic) bond motifs is 1. The molecule has 2 unspecified atom stereocenters. The molecule has 0 aliphatic carbocycles. The Balaban J connectivity index is 1.90. The van der Waals surface area contributed by atoms with Gasteiger partial charge >= 0.3 is 5.97 Å². The van der Waals surface area contributed by atoms with E-state index in [9.17, 15) is 14.7 Å². The molecule has 0 bridgehead atoms. The Bertz CT molecular complexity index is 694. The van der Waals surface area contributed by atoms with E-state index in [0.29, 0.717) is 24.4 Å². The fraction of sp³-hybridized carbons (Fsp3) is 0.400. The first-order valence-electron chi connectivity index (χ1n) is 7.03. The lowest BCUT2D eigenvalue weighted by Crippen LogP contribution is -2.49. The summed E-state index contributed by atoms with van der Waals surface area (Å²) >= 11 is 0. The van der Waals surface area contributed by atoms with E-state index in [4.69, 9.17) is 0 Å². The largest absolute Gasteiger partial charge is 0.480 e. The first-order valence-corrected chi connectivity index (χ1v) is 7.03. The second-order valence-electron chi connectivity index (χ2n) is 5.59. The molecule has 1 N–H and O–H groups in total. The van der Waals surface area contributed by atoms with Crippen molar-refractivity contribution in [3.8, 4) is 0 Å². The third-order valence-corrected chi connectivity index (χ3v) is 4.05. The van der Waals surface area contributed by atoms with E-state index < -0.39 is 12.0 Å². The molecule has 1 fully saturated rings. The van der Waals surface area contributed by atoms with Crippen LogP contribution in [-0.4, -0.2) is 43.9 Å². The number of pyridine rings is 1. The van der Waals surface area contributed by atoms with E-state index >= 15 is 0 Å². The summed E-state index contributed by atoms with van der Waals surface area (Å²) in [6.07, 6.45) is 6.46. The van der Waals surface area contributed by atoms with Gasteiger partial charge in [0.05, 0.1) is 5.56 Å². The molecule has 1 aliphatic heterocycles. The van der Waals surface area contributed by atoms with Crippen molar-refractivity contribution in [2.75, 3.05) is 6.54 Å². The van der Waals surface area contributed by atoms with Gasteiger partial charge in [-0.1, -0.05) is 6.92 Å². The van der Waals surface area contributed by atoms with Gasteiger partial charge in [0.15, 0.2) is 0 Å². The van der Waals surface area contributed by atoms with Crippen LogP contribution in [0, 0.1) is 5.92 Å². The third kappa shape index (κ3) is 2.49. The first kappa shape index (κ1) is 13.6. The van der Waals surface area contributed by atoms with Crippen LogP contribution in [0.3, 0.4) is 0 Å². The minimum Gasteiger partial charge on any atom is -0.480 e. The number of carbonyl (C=O) groups is 2. The smallest absolute Gasteiger partial charge is 0.326 e. The highest BCUT2D eigenvalue weighted by molar-refractivity contribution is 5.96. The van der Waals surface area contributed by atoms with Gasteiger partial charge in [0.25, 0.3) is 5.91 Å². The molecule has 2 aromatic heterocycles. The van der Waals surface area contributed by atoms with Gasteiger partial charge in [0.2, 0.25) is 0 Å². The number of amides is 1. The third-order valence-electron chi connectivity index (χ3n) is 4.05. The summed E-state index contributed by atoms with van der Waals surface area (Å²) < 4.78 is 1.76. The molecule has 2 atom stereocenters. The number of imidazole rings is 1. The van der Waals surface area contributed by atoms with E-state index in [0.717, 1.165) is 12.1 Å². The quantitative estimate of drug-likeness (QED) is 0.911.